The molecular weight excluding hydrogens is 248 g/mol. The van der Waals surface area contributed by atoms with Gasteiger partial charge < -0.3 is 10.4 Å². The number of aliphatic hydroxyl groups is 1. The first-order chi connectivity index (χ1) is 8.41. The van der Waals surface area contributed by atoms with Gasteiger partial charge >= 0.3 is 0 Å². The van der Waals surface area contributed by atoms with E-state index in [4.69, 9.17) is 0 Å². The van der Waals surface area contributed by atoms with Crippen LogP contribution < -0.4 is 5.32 Å². The SMILES string of the molecule is CC(C)(NC(=O)CC1(O)CCCC1)c1nccs1. The van der Waals surface area contributed by atoms with Gasteiger partial charge in [-0.15, -0.1) is 11.3 Å². The second-order valence-corrected chi connectivity index (χ2v) is 6.51. The summed E-state index contributed by atoms with van der Waals surface area (Å²) < 4.78 is 0. The molecule has 0 spiro atoms. The third-order valence-electron chi connectivity index (χ3n) is 3.44. The highest BCUT2D eigenvalue weighted by Gasteiger charge is 2.35. The van der Waals surface area contributed by atoms with E-state index in [2.05, 4.69) is 10.3 Å². The molecule has 1 fully saturated rings. The zero-order chi connectivity index (χ0) is 13.2. The number of amides is 1. The maximum absolute atomic E-state index is 12.0. The molecule has 0 radical (unpaired) electrons. The predicted molar refractivity (Wildman–Crippen MR) is 71.3 cm³/mol. The summed E-state index contributed by atoms with van der Waals surface area (Å²) in [6.07, 6.45) is 5.43. The normalized spacial score (nSPS) is 18.8. The van der Waals surface area contributed by atoms with Crippen molar-refractivity contribution in [2.45, 2.75) is 57.1 Å². The summed E-state index contributed by atoms with van der Waals surface area (Å²) in [5.41, 5.74) is -1.26. The minimum absolute atomic E-state index is 0.0976. The summed E-state index contributed by atoms with van der Waals surface area (Å²) in [7, 11) is 0. The van der Waals surface area contributed by atoms with Crippen molar-refractivity contribution < 1.29 is 9.90 Å². The molecule has 1 saturated carbocycles. The first kappa shape index (κ1) is 13.5. The molecule has 0 atom stereocenters. The first-order valence-corrected chi connectivity index (χ1v) is 7.23. The van der Waals surface area contributed by atoms with Crippen LogP contribution in [0, 0.1) is 0 Å². The molecule has 1 heterocycles. The summed E-state index contributed by atoms with van der Waals surface area (Å²) in [4.78, 5) is 16.3. The molecule has 18 heavy (non-hydrogen) atoms. The van der Waals surface area contributed by atoms with Gasteiger partial charge in [0.05, 0.1) is 17.6 Å². The molecule has 1 aliphatic carbocycles. The lowest BCUT2D eigenvalue weighted by atomic mass is 9.96. The van der Waals surface area contributed by atoms with Gasteiger partial charge in [-0.3, -0.25) is 4.79 Å². The number of carbonyl (C=O) groups excluding carboxylic acids is 1. The van der Waals surface area contributed by atoms with Crippen molar-refractivity contribution in [3.05, 3.63) is 16.6 Å². The quantitative estimate of drug-likeness (QED) is 0.880. The highest BCUT2D eigenvalue weighted by atomic mass is 32.1. The van der Waals surface area contributed by atoms with E-state index in [1.54, 1.807) is 6.20 Å². The zero-order valence-corrected chi connectivity index (χ0v) is 11.7. The van der Waals surface area contributed by atoms with Crippen LogP contribution in [-0.4, -0.2) is 21.6 Å². The summed E-state index contributed by atoms with van der Waals surface area (Å²) in [6, 6.07) is 0. The lowest BCUT2D eigenvalue weighted by Gasteiger charge is -2.27. The molecule has 4 nitrogen and oxygen atoms in total. The molecule has 0 aliphatic heterocycles. The summed E-state index contributed by atoms with van der Waals surface area (Å²) in [5, 5.41) is 16.0. The first-order valence-electron chi connectivity index (χ1n) is 6.35. The Morgan fingerprint density at radius 1 is 1.56 bits per heavy atom. The Hall–Kier alpha value is -0.940. The van der Waals surface area contributed by atoms with E-state index in [0.29, 0.717) is 0 Å². The third kappa shape index (κ3) is 3.09. The fourth-order valence-corrected chi connectivity index (χ4v) is 3.21. The fourth-order valence-electron chi connectivity index (χ4n) is 2.49. The van der Waals surface area contributed by atoms with Crippen LogP contribution in [0.25, 0.3) is 0 Å². The zero-order valence-electron chi connectivity index (χ0n) is 10.9. The number of rotatable bonds is 4. The van der Waals surface area contributed by atoms with Crippen LogP contribution in [-0.2, 0) is 10.3 Å². The molecule has 5 heteroatoms. The van der Waals surface area contributed by atoms with E-state index in [9.17, 15) is 9.90 Å². The lowest BCUT2D eigenvalue weighted by molar-refractivity contribution is -0.127. The number of aromatic nitrogens is 1. The van der Waals surface area contributed by atoms with E-state index in [1.807, 2.05) is 19.2 Å². The van der Waals surface area contributed by atoms with Crippen LogP contribution >= 0.6 is 11.3 Å². The van der Waals surface area contributed by atoms with Gasteiger partial charge in [-0.25, -0.2) is 4.98 Å². The van der Waals surface area contributed by atoms with E-state index in [0.717, 1.165) is 30.7 Å². The average molecular weight is 268 g/mol. The molecule has 2 rings (SSSR count). The van der Waals surface area contributed by atoms with Crippen molar-refractivity contribution >= 4 is 17.2 Å². The molecule has 2 N–H and O–H groups in total. The average Bonchev–Trinajstić information content (AvgIpc) is 2.87. The fraction of sp³-hybridized carbons (Fsp3) is 0.692. The largest absolute Gasteiger partial charge is 0.389 e. The van der Waals surface area contributed by atoms with Gasteiger partial charge in [-0.2, -0.15) is 0 Å². The molecule has 0 aromatic carbocycles. The van der Waals surface area contributed by atoms with Crippen molar-refractivity contribution in [1.82, 2.24) is 10.3 Å². The van der Waals surface area contributed by atoms with Crippen LogP contribution in [0.15, 0.2) is 11.6 Å². The van der Waals surface area contributed by atoms with E-state index in [1.165, 1.54) is 11.3 Å². The molecule has 100 valence electrons. The lowest BCUT2D eigenvalue weighted by Crippen LogP contribution is -2.44. The highest BCUT2D eigenvalue weighted by molar-refractivity contribution is 7.09. The summed E-state index contributed by atoms with van der Waals surface area (Å²) >= 11 is 1.53. The second kappa shape index (κ2) is 4.97. The van der Waals surface area contributed by atoms with Crippen LogP contribution in [0.2, 0.25) is 0 Å². The molecule has 1 aromatic rings. The topological polar surface area (TPSA) is 62.2 Å². The summed E-state index contributed by atoms with van der Waals surface area (Å²) in [5.74, 6) is -0.0976. The molecule has 0 saturated heterocycles. The molecule has 1 aliphatic rings. The van der Waals surface area contributed by atoms with E-state index >= 15 is 0 Å². The molecule has 1 aromatic heterocycles. The van der Waals surface area contributed by atoms with Gasteiger partial charge in [0.15, 0.2) is 0 Å². The van der Waals surface area contributed by atoms with Gasteiger partial charge in [-0.05, 0) is 26.7 Å². The molecule has 1 amide bonds. The van der Waals surface area contributed by atoms with Crippen molar-refractivity contribution in [3.63, 3.8) is 0 Å². The highest BCUT2D eigenvalue weighted by Crippen LogP contribution is 2.32. The molecule has 0 bridgehead atoms. The monoisotopic (exact) mass is 268 g/mol. The number of hydrogen-bond donors (Lipinski definition) is 2. The van der Waals surface area contributed by atoms with Crippen molar-refractivity contribution in [2.75, 3.05) is 0 Å². The van der Waals surface area contributed by atoms with E-state index in [-0.39, 0.29) is 12.3 Å². The Morgan fingerprint density at radius 3 is 2.78 bits per heavy atom. The van der Waals surface area contributed by atoms with Crippen molar-refractivity contribution in [2.24, 2.45) is 0 Å². The predicted octanol–water partition coefficient (Wildman–Crippen LogP) is 2.19. The Kier molecular flexibility index (Phi) is 3.73. The summed E-state index contributed by atoms with van der Waals surface area (Å²) in [6.45, 7) is 3.87. The van der Waals surface area contributed by atoms with Gasteiger partial charge in [0, 0.05) is 11.6 Å². The Labute approximate surface area is 111 Å². The van der Waals surface area contributed by atoms with Crippen LogP contribution in [0.5, 0.6) is 0 Å². The van der Waals surface area contributed by atoms with Crippen LogP contribution in [0.1, 0.15) is 51.0 Å². The standard InChI is InChI=1S/C13H20N2O2S/c1-12(2,11-14-7-8-18-11)15-10(16)9-13(17)5-3-4-6-13/h7-8,17H,3-6,9H2,1-2H3,(H,15,16). The Balaban J connectivity index is 1.95. The maximum atomic E-state index is 12.0. The Bertz CT molecular complexity index is 409. The maximum Gasteiger partial charge on any atom is 0.223 e. The minimum Gasteiger partial charge on any atom is -0.389 e. The van der Waals surface area contributed by atoms with Gasteiger partial charge in [0.25, 0.3) is 0 Å². The Morgan fingerprint density at radius 2 is 2.22 bits per heavy atom. The van der Waals surface area contributed by atoms with Crippen molar-refractivity contribution in [3.8, 4) is 0 Å². The number of thiazole rings is 1. The number of nitrogens with zero attached hydrogens (tertiary/aromatic N) is 1. The van der Waals surface area contributed by atoms with Crippen molar-refractivity contribution in [1.29, 1.82) is 0 Å². The van der Waals surface area contributed by atoms with Crippen LogP contribution in [0.3, 0.4) is 0 Å². The van der Waals surface area contributed by atoms with Gasteiger partial charge in [-0.1, -0.05) is 12.8 Å². The number of hydrogen-bond acceptors (Lipinski definition) is 4. The smallest absolute Gasteiger partial charge is 0.223 e. The molecular formula is C13H20N2O2S. The number of carbonyl (C=O) groups is 1. The molecule has 0 unspecified atom stereocenters. The van der Waals surface area contributed by atoms with Gasteiger partial charge in [0.2, 0.25) is 5.91 Å². The minimum atomic E-state index is -0.789. The third-order valence-corrected chi connectivity index (χ3v) is 4.54. The number of nitrogens with one attached hydrogen (secondary N) is 1. The van der Waals surface area contributed by atoms with E-state index < -0.39 is 11.1 Å². The second-order valence-electron chi connectivity index (χ2n) is 5.62. The van der Waals surface area contributed by atoms with Gasteiger partial charge in [0.1, 0.15) is 5.01 Å². The van der Waals surface area contributed by atoms with Crippen LogP contribution in [0.4, 0.5) is 0 Å².